The lowest BCUT2D eigenvalue weighted by molar-refractivity contribution is 0.395. The van der Waals surface area contributed by atoms with E-state index in [1.807, 2.05) is 12.1 Å². The second kappa shape index (κ2) is 4.77. The van der Waals surface area contributed by atoms with Crippen molar-refractivity contribution in [2.45, 2.75) is 11.4 Å². The summed E-state index contributed by atoms with van der Waals surface area (Å²) in [6.45, 7) is 0.396. The van der Waals surface area contributed by atoms with Gasteiger partial charge in [-0.2, -0.15) is 5.10 Å². The Morgan fingerprint density at radius 1 is 1.39 bits per heavy atom. The lowest BCUT2D eigenvalue weighted by Crippen LogP contribution is -2.03. The number of aromatic nitrogens is 3. The first-order valence-corrected chi connectivity index (χ1v) is 7.10. The van der Waals surface area contributed by atoms with Gasteiger partial charge in [0.25, 0.3) is 0 Å². The number of methoxy groups -OCH3 is 1. The van der Waals surface area contributed by atoms with Gasteiger partial charge >= 0.3 is 0 Å². The Labute approximate surface area is 105 Å². The summed E-state index contributed by atoms with van der Waals surface area (Å²) < 4.78 is 29.2. The van der Waals surface area contributed by atoms with Crippen LogP contribution in [0.3, 0.4) is 0 Å². The summed E-state index contributed by atoms with van der Waals surface area (Å²) in [4.78, 5) is 4.42. The molecular formula is C11H13N3O3S. The molecule has 0 atom stereocenters. The molecule has 2 aromatic heterocycles. The first-order chi connectivity index (χ1) is 8.49. The second-order valence-electron chi connectivity index (χ2n) is 3.82. The van der Waals surface area contributed by atoms with Crippen LogP contribution in [-0.2, 0) is 16.4 Å². The number of nitrogens with zero attached hydrogens (tertiary/aromatic N) is 3. The zero-order valence-electron chi connectivity index (χ0n) is 10.1. The van der Waals surface area contributed by atoms with Crippen molar-refractivity contribution in [3.8, 4) is 5.88 Å². The minimum atomic E-state index is -3.22. The molecule has 96 valence electrons. The van der Waals surface area contributed by atoms with Crippen molar-refractivity contribution in [1.82, 2.24) is 14.8 Å². The molecule has 6 nitrogen and oxygen atoms in total. The lowest BCUT2D eigenvalue weighted by atomic mass is 10.3. The highest BCUT2D eigenvalue weighted by molar-refractivity contribution is 7.90. The van der Waals surface area contributed by atoms with E-state index in [0.717, 1.165) is 11.9 Å². The molecule has 2 rings (SSSR count). The summed E-state index contributed by atoms with van der Waals surface area (Å²) in [6, 6.07) is 5.39. The highest BCUT2D eigenvalue weighted by Gasteiger charge is 2.10. The average molecular weight is 267 g/mol. The molecule has 0 aliphatic heterocycles. The summed E-state index contributed by atoms with van der Waals surface area (Å²) in [6.07, 6.45) is 3.96. The van der Waals surface area contributed by atoms with Gasteiger partial charge in [-0.25, -0.2) is 13.4 Å². The lowest BCUT2D eigenvalue weighted by Gasteiger charge is -2.03. The highest BCUT2D eigenvalue weighted by Crippen LogP contribution is 2.10. The van der Waals surface area contributed by atoms with Crippen molar-refractivity contribution in [3.05, 3.63) is 36.3 Å². The molecule has 2 aromatic rings. The standard InChI is InChI=1S/C11H13N3O3S/c1-17-11-5-3-4-9(13-11)7-14-8-10(6-12-14)18(2,15)16/h3-6,8H,7H2,1-2H3. The number of pyridine rings is 1. The molecule has 0 aromatic carbocycles. The molecule has 0 radical (unpaired) electrons. The molecule has 0 unspecified atom stereocenters. The van der Waals surface area contributed by atoms with Crippen LogP contribution in [0.4, 0.5) is 0 Å². The Bertz CT molecular complexity index is 649. The normalized spacial score (nSPS) is 11.4. The molecule has 0 aliphatic carbocycles. The number of ether oxygens (including phenoxy) is 1. The molecule has 0 fully saturated rings. The number of sulfone groups is 1. The summed E-state index contributed by atoms with van der Waals surface area (Å²) in [5, 5.41) is 3.99. The zero-order chi connectivity index (χ0) is 13.2. The van der Waals surface area contributed by atoms with E-state index in [9.17, 15) is 8.42 Å². The van der Waals surface area contributed by atoms with Crippen LogP contribution in [0.5, 0.6) is 5.88 Å². The predicted molar refractivity (Wildman–Crippen MR) is 65.2 cm³/mol. The fourth-order valence-corrected chi connectivity index (χ4v) is 2.00. The van der Waals surface area contributed by atoms with E-state index < -0.39 is 9.84 Å². The van der Waals surface area contributed by atoms with E-state index >= 15 is 0 Å². The van der Waals surface area contributed by atoms with Crippen LogP contribution >= 0.6 is 0 Å². The van der Waals surface area contributed by atoms with Crippen molar-refractivity contribution < 1.29 is 13.2 Å². The molecule has 0 saturated heterocycles. The van der Waals surface area contributed by atoms with Crippen LogP contribution in [0.1, 0.15) is 5.69 Å². The van der Waals surface area contributed by atoms with Crippen molar-refractivity contribution >= 4 is 9.84 Å². The minimum absolute atomic E-state index is 0.199. The molecule has 0 saturated carbocycles. The smallest absolute Gasteiger partial charge is 0.213 e. The van der Waals surface area contributed by atoms with E-state index in [2.05, 4.69) is 10.1 Å². The topological polar surface area (TPSA) is 74.1 Å². The molecular weight excluding hydrogens is 254 g/mol. The Hall–Kier alpha value is -1.89. The second-order valence-corrected chi connectivity index (χ2v) is 5.83. The summed E-state index contributed by atoms with van der Waals surface area (Å²) in [7, 11) is -1.67. The van der Waals surface area contributed by atoms with Gasteiger partial charge in [0.1, 0.15) is 4.90 Å². The zero-order valence-corrected chi connectivity index (χ0v) is 10.9. The first-order valence-electron chi connectivity index (χ1n) is 5.21. The molecule has 0 bridgehead atoms. The maximum absolute atomic E-state index is 11.3. The Morgan fingerprint density at radius 3 is 2.78 bits per heavy atom. The number of hydrogen-bond acceptors (Lipinski definition) is 5. The van der Waals surface area contributed by atoms with Crippen molar-refractivity contribution in [2.75, 3.05) is 13.4 Å². The van der Waals surface area contributed by atoms with Gasteiger partial charge in [-0.3, -0.25) is 4.68 Å². The SMILES string of the molecule is COc1cccc(Cn2cc(S(C)(=O)=O)cn2)n1. The monoisotopic (exact) mass is 267 g/mol. The predicted octanol–water partition coefficient (Wildman–Crippen LogP) is 0.738. The van der Waals surface area contributed by atoms with Crippen LogP contribution in [0, 0.1) is 0 Å². The maximum atomic E-state index is 11.3. The number of hydrogen-bond donors (Lipinski definition) is 0. The van der Waals surface area contributed by atoms with Crippen LogP contribution in [-0.4, -0.2) is 36.5 Å². The van der Waals surface area contributed by atoms with Crippen molar-refractivity contribution in [3.63, 3.8) is 0 Å². The van der Waals surface area contributed by atoms with Crippen LogP contribution in [0.25, 0.3) is 0 Å². The van der Waals surface area contributed by atoms with Crippen LogP contribution in [0.2, 0.25) is 0 Å². The van der Waals surface area contributed by atoms with Gasteiger partial charge in [-0.15, -0.1) is 0 Å². The largest absolute Gasteiger partial charge is 0.481 e. The third-order valence-electron chi connectivity index (χ3n) is 2.35. The maximum Gasteiger partial charge on any atom is 0.213 e. The molecule has 7 heteroatoms. The molecule has 0 spiro atoms. The van der Waals surface area contributed by atoms with Gasteiger partial charge in [0.2, 0.25) is 5.88 Å². The molecule has 18 heavy (non-hydrogen) atoms. The average Bonchev–Trinajstić information content (AvgIpc) is 2.77. The molecule has 0 N–H and O–H groups in total. The fourth-order valence-electron chi connectivity index (χ4n) is 1.45. The Morgan fingerprint density at radius 2 is 2.17 bits per heavy atom. The minimum Gasteiger partial charge on any atom is -0.481 e. The summed E-state index contributed by atoms with van der Waals surface area (Å²) >= 11 is 0. The van der Waals surface area contributed by atoms with Gasteiger partial charge in [0, 0.05) is 18.5 Å². The first kappa shape index (κ1) is 12.6. The van der Waals surface area contributed by atoms with Gasteiger partial charge in [-0.1, -0.05) is 6.07 Å². The fraction of sp³-hybridized carbons (Fsp3) is 0.273. The van der Waals surface area contributed by atoms with Gasteiger partial charge in [0.05, 0.1) is 25.5 Å². The van der Waals surface area contributed by atoms with Gasteiger partial charge < -0.3 is 4.74 Å². The van der Waals surface area contributed by atoms with E-state index in [4.69, 9.17) is 4.74 Å². The van der Waals surface area contributed by atoms with Gasteiger partial charge in [0.15, 0.2) is 9.84 Å². The van der Waals surface area contributed by atoms with E-state index in [1.54, 1.807) is 13.2 Å². The van der Waals surface area contributed by atoms with Crippen molar-refractivity contribution in [2.24, 2.45) is 0 Å². The molecule has 2 heterocycles. The molecule has 0 aliphatic rings. The van der Waals surface area contributed by atoms with E-state index in [1.165, 1.54) is 17.1 Å². The Balaban J connectivity index is 2.21. The third kappa shape index (κ3) is 2.86. The van der Waals surface area contributed by atoms with E-state index in [-0.39, 0.29) is 4.90 Å². The number of rotatable bonds is 4. The molecule has 0 amide bonds. The van der Waals surface area contributed by atoms with E-state index in [0.29, 0.717) is 12.4 Å². The summed E-state index contributed by atoms with van der Waals surface area (Å²) in [5.41, 5.74) is 0.748. The summed E-state index contributed by atoms with van der Waals surface area (Å²) in [5.74, 6) is 0.517. The third-order valence-corrected chi connectivity index (χ3v) is 3.42. The van der Waals surface area contributed by atoms with Crippen LogP contribution in [0.15, 0.2) is 35.5 Å². The Kier molecular flexibility index (Phi) is 3.33. The highest BCUT2D eigenvalue weighted by atomic mass is 32.2. The van der Waals surface area contributed by atoms with Crippen molar-refractivity contribution in [1.29, 1.82) is 0 Å². The van der Waals surface area contributed by atoms with Gasteiger partial charge in [-0.05, 0) is 6.07 Å². The quantitative estimate of drug-likeness (QED) is 0.816. The van der Waals surface area contributed by atoms with Crippen LogP contribution < -0.4 is 4.74 Å².